The van der Waals surface area contributed by atoms with Crippen LogP contribution in [0.25, 0.3) is 0 Å². The molecule has 0 unspecified atom stereocenters. The van der Waals surface area contributed by atoms with Crippen molar-refractivity contribution in [2.75, 3.05) is 37.0 Å². The monoisotopic (exact) mass is 425 g/mol. The third kappa shape index (κ3) is 3.42. The summed E-state index contributed by atoms with van der Waals surface area (Å²) in [6.45, 7) is 6.80. The number of carbonyl (C=O) groups excluding carboxylic acids is 2. The van der Waals surface area contributed by atoms with Crippen LogP contribution in [0.5, 0.6) is 5.88 Å². The van der Waals surface area contributed by atoms with Gasteiger partial charge in [-0.3, -0.25) is 9.59 Å². The zero-order valence-electron chi connectivity index (χ0n) is 17.9. The van der Waals surface area contributed by atoms with Crippen LogP contribution in [0.1, 0.15) is 46.7 Å². The molecule has 9 heteroatoms. The topological polar surface area (TPSA) is 109 Å². The van der Waals surface area contributed by atoms with Gasteiger partial charge in [-0.2, -0.15) is 4.98 Å². The van der Waals surface area contributed by atoms with Gasteiger partial charge in [0, 0.05) is 37.6 Å². The number of fused-ring (bicyclic) bond motifs is 2. The third-order valence-electron chi connectivity index (χ3n) is 6.42. The molecule has 3 aliphatic heterocycles. The van der Waals surface area contributed by atoms with Gasteiger partial charge < -0.3 is 30.0 Å². The molecule has 9 nitrogen and oxygen atoms in total. The Morgan fingerprint density at radius 1 is 1.35 bits per heavy atom. The fraction of sp³-hybridized carbons (Fsp3) is 0.500. The van der Waals surface area contributed by atoms with E-state index in [2.05, 4.69) is 25.8 Å². The predicted molar refractivity (Wildman–Crippen MR) is 115 cm³/mol. The highest BCUT2D eigenvalue weighted by atomic mass is 16.5. The number of anilines is 2. The molecule has 164 valence electrons. The summed E-state index contributed by atoms with van der Waals surface area (Å²) in [5.41, 5.74) is 0.524. The Kier molecular flexibility index (Phi) is 4.65. The lowest BCUT2D eigenvalue weighted by Crippen LogP contribution is -2.49. The summed E-state index contributed by atoms with van der Waals surface area (Å²) in [6.07, 6.45) is 3.01. The van der Waals surface area contributed by atoms with Gasteiger partial charge in [-0.15, -0.1) is 0 Å². The number of pyridine rings is 1. The molecule has 2 fully saturated rings. The molecule has 0 bridgehead atoms. The smallest absolute Gasteiger partial charge is 0.259 e. The maximum absolute atomic E-state index is 13.0. The van der Waals surface area contributed by atoms with Crippen LogP contribution in [0.2, 0.25) is 0 Å². The fourth-order valence-corrected chi connectivity index (χ4v) is 4.92. The summed E-state index contributed by atoms with van der Waals surface area (Å²) in [4.78, 5) is 32.5. The van der Waals surface area contributed by atoms with Crippen molar-refractivity contribution in [3.8, 4) is 5.88 Å². The molecule has 2 saturated heterocycles. The van der Waals surface area contributed by atoms with Gasteiger partial charge in [0.05, 0.1) is 18.2 Å². The van der Waals surface area contributed by atoms with Crippen LogP contribution in [0.4, 0.5) is 11.5 Å². The average Bonchev–Trinajstić information content (AvgIpc) is 3.42. The Bertz CT molecular complexity index is 1050. The molecule has 5 rings (SSSR count). The van der Waals surface area contributed by atoms with E-state index in [1.54, 1.807) is 6.07 Å². The number of carbonyl (C=O) groups is 2. The molecule has 2 atom stereocenters. The quantitative estimate of drug-likeness (QED) is 0.685. The highest BCUT2D eigenvalue weighted by Crippen LogP contribution is 2.34. The molecular weight excluding hydrogens is 398 g/mol. The normalized spacial score (nSPS) is 23.8. The second-order valence-electron chi connectivity index (χ2n) is 9.11. The lowest BCUT2D eigenvalue weighted by Gasteiger charge is -2.29. The average molecular weight is 425 g/mol. The van der Waals surface area contributed by atoms with E-state index in [9.17, 15) is 9.59 Å². The van der Waals surface area contributed by atoms with Crippen LogP contribution in [0.15, 0.2) is 22.8 Å². The van der Waals surface area contributed by atoms with Gasteiger partial charge in [0.25, 0.3) is 11.8 Å². The second-order valence-corrected chi connectivity index (χ2v) is 9.11. The molecule has 2 aromatic rings. The zero-order chi connectivity index (χ0) is 21.8. The van der Waals surface area contributed by atoms with E-state index < -0.39 is 11.4 Å². The number of hydrogen-bond acceptors (Lipinski definition) is 7. The number of ether oxygens (including phenoxy) is 1. The van der Waals surface area contributed by atoms with Gasteiger partial charge in [0.15, 0.2) is 0 Å². The first kappa shape index (κ1) is 19.9. The van der Waals surface area contributed by atoms with E-state index in [0.717, 1.165) is 31.9 Å². The molecule has 0 aromatic carbocycles. The van der Waals surface area contributed by atoms with E-state index in [4.69, 9.17) is 9.15 Å². The number of amides is 2. The van der Waals surface area contributed by atoms with Gasteiger partial charge in [-0.1, -0.05) is 0 Å². The maximum atomic E-state index is 13.0. The number of nitrogens with zero attached hydrogens (tertiary/aromatic N) is 2. The molecular formula is C22H27N5O4. The highest BCUT2D eigenvalue weighted by molar-refractivity contribution is 6.13. The number of aromatic nitrogens is 1. The van der Waals surface area contributed by atoms with Gasteiger partial charge in [-0.25, -0.2) is 0 Å². The lowest BCUT2D eigenvalue weighted by molar-refractivity contribution is 0.0882. The van der Waals surface area contributed by atoms with Gasteiger partial charge in [-0.05, 0) is 38.3 Å². The molecule has 0 radical (unpaired) electrons. The van der Waals surface area contributed by atoms with Crippen LogP contribution in [0.3, 0.4) is 0 Å². The number of nitrogens with one attached hydrogen (secondary N) is 3. The minimum atomic E-state index is -0.436. The van der Waals surface area contributed by atoms with E-state index >= 15 is 0 Å². The van der Waals surface area contributed by atoms with Crippen molar-refractivity contribution in [1.29, 1.82) is 0 Å². The number of furan rings is 1. The predicted octanol–water partition coefficient (Wildman–Crippen LogP) is 1.80. The first-order valence-electron chi connectivity index (χ1n) is 10.6. The van der Waals surface area contributed by atoms with Crippen LogP contribution in [-0.4, -0.2) is 55.1 Å². The molecule has 0 aliphatic carbocycles. The molecule has 0 spiro atoms. The summed E-state index contributed by atoms with van der Waals surface area (Å²) in [5.74, 6) is 1.61. The molecule has 0 saturated carbocycles. The zero-order valence-corrected chi connectivity index (χ0v) is 17.9. The Morgan fingerprint density at radius 2 is 2.19 bits per heavy atom. The van der Waals surface area contributed by atoms with Crippen LogP contribution in [0, 0.1) is 5.92 Å². The minimum Gasteiger partial charge on any atom is -0.479 e. The summed E-state index contributed by atoms with van der Waals surface area (Å²) < 4.78 is 11.0. The second kappa shape index (κ2) is 7.26. The summed E-state index contributed by atoms with van der Waals surface area (Å²) in [6, 6.07) is 4.14. The lowest BCUT2D eigenvalue weighted by atomic mass is 9.91. The number of rotatable bonds is 4. The SMILES string of the molecule is COc1nc(N2CC[C@@H]3CNC[C@@H]32)ccc1NC(=O)c1coc2c1C(=O)NC(C)(C)C2. The van der Waals surface area contributed by atoms with Gasteiger partial charge in [0.2, 0.25) is 5.88 Å². The van der Waals surface area contributed by atoms with Crippen LogP contribution >= 0.6 is 0 Å². The first-order valence-corrected chi connectivity index (χ1v) is 10.6. The van der Waals surface area contributed by atoms with Crippen LogP contribution in [-0.2, 0) is 6.42 Å². The van der Waals surface area contributed by atoms with Crippen molar-refractivity contribution in [2.45, 2.75) is 38.3 Å². The van der Waals surface area contributed by atoms with Gasteiger partial charge in [0.1, 0.15) is 23.5 Å². The summed E-state index contributed by atoms with van der Waals surface area (Å²) >= 11 is 0. The van der Waals surface area contributed by atoms with E-state index in [1.807, 2.05) is 19.9 Å². The van der Waals surface area contributed by atoms with Crippen molar-refractivity contribution < 1.29 is 18.7 Å². The fourth-order valence-electron chi connectivity index (χ4n) is 4.92. The maximum Gasteiger partial charge on any atom is 0.259 e. The Labute approximate surface area is 180 Å². The standard InChI is InChI=1S/C22H27N5O4/c1-22(2)8-16-18(20(29)26-22)13(11-31-16)19(28)24-14-4-5-17(25-21(14)30-3)27-7-6-12-9-23-10-15(12)27/h4-5,11-12,15,23H,6-10H2,1-3H3,(H,24,28)(H,26,29)/t12-,15+/m1/s1. The van der Waals surface area contributed by atoms with Crippen LogP contribution < -0.4 is 25.6 Å². The molecule has 2 aromatic heterocycles. The van der Waals surface area contributed by atoms with Crippen molar-refractivity contribution in [3.63, 3.8) is 0 Å². The number of hydrogen-bond donors (Lipinski definition) is 3. The van der Waals surface area contributed by atoms with Crippen molar-refractivity contribution in [3.05, 3.63) is 35.3 Å². The van der Waals surface area contributed by atoms with Crippen molar-refractivity contribution in [1.82, 2.24) is 15.6 Å². The molecule has 5 heterocycles. The van der Waals surface area contributed by atoms with E-state index in [-0.39, 0.29) is 17.0 Å². The molecule has 3 aliphatic rings. The largest absolute Gasteiger partial charge is 0.479 e. The molecule has 2 amide bonds. The summed E-state index contributed by atoms with van der Waals surface area (Å²) in [7, 11) is 1.53. The molecule has 3 N–H and O–H groups in total. The first-order chi connectivity index (χ1) is 14.9. The summed E-state index contributed by atoms with van der Waals surface area (Å²) in [5, 5.41) is 9.17. The Morgan fingerprint density at radius 3 is 3.00 bits per heavy atom. The molecule has 31 heavy (non-hydrogen) atoms. The van der Waals surface area contributed by atoms with E-state index in [1.165, 1.54) is 13.4 Å². The Hall–Kier alpha value is -3.07. The van der Waals surface area contributed by atoms with Crippen molar-refractivity contribution in [2.24, 2.45) is 5.92 Å². The van der Waals surface area contributed by atoms with Gasteiger partial charge >= 0.3 is 0 Å². The van der Waals surface area contributed by atoms with Crippen molar-refractivity contribution >= 4 is 23.3 Å². The third-order valence-corrected chi connectivity index (χ3v) is 6.42. The minimum absolute atomic E-state index is 0.202. The Balaban J connectivity index is 1.38. The highest BCUT2D eigenvalue weighted by Gasteiger charge is 2.39. The van der Waals surface area contributed by atoms with E-state index in [0.29, 0.717) is 35.7 Å². The number of methoxy groups -OCH3 is 1.